The fourth-order valence-corrected chi connectivity index (χ4v) is 5.46. The van der Waals surface area contributed by atoms with Crippen molar-refractivity contribution in [2.45, 2.75) is 24.7 Å². The van der Waals surface area contributed by atoms with Crippen molar-refractivity contribution in [3.8, 4) is 0 Å². The summed E-state index contributed by atoms with van der Waals surface area (Å²) in [5.74, 6) is -0.413. The number of hydrogen-bond donors (Lipinski definition) is 1. The molecule has 1 fully saturated rings. The van der Waals surface area contributed by atoms with E-state index >= 15 is 0 Å². The van der Waals surface area contributed by atoms with Gasteiger partial charge in [-0.25, -0.2) is 8.42 Å². The highest BCUT2D eigenvalue weighted by Gasteiger charge is 2.28. The van der Waals surface area contributed by atoms with E-state index in [1.54, 1.807) is 60.4 Å². The van der Waals surface area contributed by atoms with Gasteiger partial charge in [0.2, 0.25) is 11.8 Å². The van der Waals surface area contributed by atoms with Gasteiger partial charge in [0.1, 0.15) is 6.54 Å². The van der Waals surface area contributed by atoms with Gasteiger partial charge in [-0.1, -0.05) is 29.8 Å². The molecule has 1 N–H and O–H groups in total. The number of anilines is 3. The topological polar surface area (TPSA) is 86.8 Å². The Hall–Kier alpha value is -3.36. The van der Waals surface area contributed by atoms with Gasteiger partial charge in [-0.05, 0) is 73.5 Å². The van der Waals surface area contributed by atoms with Crippen molar-refractivity contribution in [2.24, 2.45) is 0 Å². The highest BCUT2D eigenvalue weighted by atomic mass is 35.5. The predicted molar refractivity (Wildman–Crippen MR) is 134 cm³/mol. The number of para-hydroxylation sites is 1. The van der Waals surface area contributed by atoms with Crippen molar-refractivity contribution in [2.75, 3.05) is 27.6 Å². The number of amides is 2. The molecule has 1 aliphatic rings. The number of halogens is 1. The minimum atomic E-state index is -4.03. The molecule has 34 heavy (non-hydrogen) atoms. The third-order valence-corrected chi connectivity index (χ3v) is 7.64. The predicted octanol–water partition coefficient (Wildman–Crippen LogP) is 4.61. The van der Waals surface area contributed by atoms with Gasteiger partial charge in [0.05, 0.1) is 10.6 Å². The van der Waals surface area contributed by atoms with Crippen LogP contribution in [0.4, 0.5) is 17.1 Å². The Morgan fingerprint density at radius 1 is 1.03 bits per heavy atom. The highest BCUT2D eigenvalue weighted by molar-refractivity contribution is 7.92. The summed E-state index contributed by atoms with van der Waals surface area (Å²) >= 11 is 5.92. The summed E-state index contributed by atoms with van der Waals surface area (Å²) in [6.07, 6.45) is 1.36. The normalized spacial score (nSPS) is 13.7. The van der Waals surface area contributed by atoms with E-state index in [0.717, 1.165) is 16.4 Å². The fourth-order valence-electron chi connectivity index (χ4n) is 3.85. The molecule has 0 atom stereocenters. The van der Waals surface area contributed by atoms with E-state index in [0.29, 0.717) is 34.9 Å². The van der Waals surface area contributed by atoms with Crippen LogP contribution in [-0.4, -0.2) is 33.3 Å². The molecule has 0 spiro atoms. The number of nitrogens with one attached hydrogen (secondary N) is 1. The van der Waals surface area contributed by atoms with Crippen LogP contribution < -0.4 is 14.5 Å². The lowest BCUT2D eigenvalue weighted by molar-refractivity contribution is -0.117. The number of hydrogen-bond acceptors (Lipinski definition) is 4. The molecule has 176 valence electrons. The molecule has 2 amide bonds. The monoisotopic (exact) mass is 497 g/mol. The van der Waals surface area contributed by atoms with Gasteiger partial charge in [-0.15, -0.1) is 0 Å². The molecule has 0 bridgehead atoms. The molecule has 0 saturated carbocycles. The smallest absolute Gasteiger partial charge is 0.264 e. The molecule has 3 aromatic carbocycles. The average Bonchev–Trinajstić information content (AvgIpc) is 3.24. The van der Waals surface area contributed by atoms with Crippen molar-refractivity contribution in [3.05, 3.63) is 83.4 Å². The van der Waals surface area contributed by atoms with Crippen LogP contribution in [-0.2, 0) is 19.6 Å². The standard InChI is InChI=1S/C25H24ClN3O4S/c1-18-5-2-3-6-23(18)29(34(32,33)22-14-8-19(26)9-15-22)17-24(30)27-20-10-12-21(13-11-20)28-16-4-7-25(28)31/h2-3,5-6,8-15H,4,7,16-17H2,1H3,(H,27,30). The van der Waals surface area contributed by atoms with E-state index < -0.39 is 22.5 Å². The van der Waals surface area contributed by atoms with E-state index in [1.165, 1.54) is 24.3 Å². The second kappa shape index (κ2) is 9.87. The summed E-state index contributed by atoms with van der Waals surface area (Å²) in [6.45, 7) is 2.05. The lowest BCUT2D eigenvalue weighted by Gasteiger charge is -2.25. The summed E-state index contributed by atoms with van der Waals surface area (Å²) in [4.78, 5) is 26.6. The summed E-state index contributed by atoms with van der Waals surface area (Å²) in [5, 5.41) is 3.17. The maximum atomic E-state index is 13.5. The first-order valence-electron chi connectivity index (χ1n) is 10.8. The van der Waals surface area contributed by atoms with Gasteiger partial charge in [0, 0.05) is 29.4 Å². The first kappa shape index (κ1) is 23.8. The highest BCUT2D eigenvalue weighted by Crippen LogP contribution is 2.28. The number of rotatable bonds is 7. The molecule has 0 radical (unpaired) electrons. The van der Waals surface area contributed by atoms with Gasteiger partial charge < -0.3 is 10.2 Å². The molecule has 4 rings (SSSR count). The molecular weight excluding hydrogens is 474 g/mol. The number of carbonyl (C=O) groups excluding carboxylic acids is 2. The number of nitrogens with zero attached hydrogens (tertiary/aromatic N) is 2. The molecule has 0 aliphatic carbocycles. The molecule has 9 heteroatoms. The van der Waals surface area contributed by atoms with Crippen LogP contribution in [0.25, 0.3) is 0 Å². The molecule has 1 heterocycles. The maximum Gasteiger partial charge on any atom is 0.264 e. The molecule has 3 aromatic rings. The Morgan fingerprint density at radius 3 is 2.32 bits per heavy atom. The SMILES string of the molecule is Cc1ccccc1N(CC(=O)Nc1ccc(N2CCCC2=O)cc1)S(=O)(=O)c1ccc(Cl)cc1. The largest absolute Gasteiger partial charge is 0.325 e. The van der Waals surface area contributed by atoms with Crippen LogP contribution in [0.5, 0.6) is 0 Å². The van der Waals surface area contributed by atoms with Gasteiger partial charge in [0.15, 0.2) is 0 Å². The summed E-state index contributed by atoms with van der Waals surface area (Å²) in [5.41, 5.74) is 2.41. The first-order valence-corrected chi connectivity index (χ1v) is 12.6. The van der Waals surface area contributed by atoms with E-state index in [1.807, 2.05) is 0 Å². The van der Waals surface area contributed by atoms with Crippen molar-refractivity contribution in [1.82, 2.24) is 0 Å². The summed E-state index contributed by atoms with van der Waals surface area (Å²) in [7, 11) is -4.03. The Bertz CT molecular complexity index is 1310. The number of sulfonamides is 1. The lowest BCUT2D eigenvalue weighted by Crippen LogP contribution is -2.38. The second-order valence-corrected chi connectivity index (χ2v) is 10.3. The van der Waals surface area contributed by atoms with E-state index in [4.69, 9.17) is 11.6 Å². The molecule has 1 aliphatic heterocycles. The van der Waals surface area contributed by atoms with Crippen LogP contribution in [0.1, 0.15) is 18.4 Å². The Labute approximate surface area is 204 Å². The quantitative estimate of drug-likeness (QED) is 0.516. The summed E-state index contributed by atoms with van der Waals surface area (Å²) < 4.78 is 28.0. The van der Waals surface area contributed by atoms with Gasteiger partial charge in [-0.2, -0.15) is 0 Å². The van der Waals surface area contributed by atoms with Crippen LogP contribution >= 0.6 is 11.6 Å². The van der Waals surface area contributed by atoms with E-state index in [-0.39, 0.29) is 10.8 Å². The van der Waals surface area contributed by atoms with Crippen LogP contribution in [0, 0.1) is 6.92 Å². The molecular formula is C25H24ClN3O4S. The number of aryl methyl sites for hydroxylation is 1. The zero-order valence-corrected chi connectivity index (χ0v) is 20.1. The minimum Gasteiger partial charge on any atom is -0.325 e. The van der Waals surface area contributed by atoms with Crippen molar-refractivity contribution in [1.29, 1.82) is 0 Å². The molecule has 7 nitrogen and oxygen atoms in total. The lowest BCUT2D eigenvalue weighted by atomic mass is 10.2. The minimum absolute atomic E-state index is 0.0348. The van der Waals surface area contributed by atoms with Crippen LogP contribution in [0.15, 0.2) is 77.7 Å². The van der Waals surface area contributed by atoms with Crippen molar-refractivity contribution in [3.63, 3.8) is 0 Å². The molecule has 1 saturated heterocycles. The maximum absolute atomic E-state index is 13.5. The van der Waals surface area contributed by atoms with Crippen molar-refractivity contribution < 1.29 is 18.0 Å². The number of carbonyl (C=O) groups is 2. The Kier molecular flexibility index (Phi) is 6.90. The van der Waals surface area contributed by atoms with Crippen LogP contribution in [0.2, 0.25) is 5.02 Å². The van der Waals surface area contributed by atoms with Gasteiger partial charge in [0.25, 0.3) is 10.0 Å². The van der Waals surface area contributed by atoms with Gasteiger partial charge >= 0.3 is 0 Å². The van der Waals surface area contributed by atoms with E-state index in [2.05, 4.69) is 5.32 Å². The van der Waals surface area contributed by atoms with E-state index in [9.17, 15) is 18.0 Å². The Balaban J connectivity index is 1.57. The second-order valence-electron chi connectivity index (χ2n) is 8.00. The molecule has 0 aromatic heterocycles. The van der Waals surface area contributed by atoms with Gasteiger partial charge in [-0.3, -0.25) is 13.9 Å². The summed E-state index contributed by atoms with van der Waals surface area (Å²) in [6, 6.07) is 19.7. The Morgan fingerprint density at radius 2 is 1.71 bits per heavy atom. The van der Waals surface area contributed by atoms with Crippen LogP contribution in [0.3, 0.4) is 0 Å². The third kappa shape index (κ3) is 5.08. The first-order chi connectivity index (χ1) is 16.3. The van der Waals surface area contributed by atoms with Crippen molar-refractivity contribution >= 4 is 50.5 Å². The third-order valence-electron chi connectivity index (χ3n) is 5.61. The average molecular weight is 498 g/mol. The fraction of sp³-hybridized carbons (Fsp3) is 0.200. The number of benzene rings is 3. The molecule has 0 unspecified atom stereocenters. The zero-order valence-electron chi connectivity index (χ0n) is 18.6. The zero-order chi connectivity index (χ0) is 24.3.